The standard InChI is InChI=1S/C9H10N4O2/c14-9(8-2-4-15-13-8)11-3-1-7-5-10-6-12-7/h2,4-6H,1,3H2,(H,10,12)(H,11,14). The van der Waals surface area contributed by atoms with Crippen molar-refractivity contribution in [3.63, 3.8) is 0 Å². The first-order valence-electron chi connectivity index (χ1n) is 4.52. The molecule has 78 valence electrons. The van der Waals surface area contributed by atoms with Crippen LogP contribution in [0.15, 0.2) is 29.4 Å². The van der Waals surface area contributed by atoms with E-state index in [-0.39, 0.29) is 5.91 Å². The van der Waals surface area contributed by atoms with Gasteiger partial charge in [-0.3, -0.25) is 4.79 Å². The van der Waals surface area contributed by atoms with E-state index in [1.54, 1.807) is 12.5 Å². The van der Waals surface area contributed by atoms with E-state index in [1.807, 2.05) is 0 Å². The number of hydrogen-bond donors (Lipinski definition) is 2. The average Bonchev–Trinajstić information content (AvgIpc) is 2.90. The van der Waals surface area contributed by atoms with Crippen LogP contribution < -0.4 is 5.32 Å². The Kier molecular flexibility index (Phi) is 2.77. The van der Waals surface area contributed by atoms with Crippen LogP contribution in [0.1, 0.15) is 16.2 Å². The van der Waals surface area contributed by atoms with Gasteiger partial charge >= 0.3 is 0 Å². The second kappa shape index (κ2) is 4.41. The fourth-order valence-corrected chi connectivity index (χ4v) is 1.15. The second-order valence-electron chi connectivity index (χ2n) is 2.97. The monoisotopic (exact) mass is 206 g/mol. The zero-order valence-electron chi connectivity index (χ0n) is 7.93. The van der Waals surface area contributed by atoms with Crippen LogP contribution in [-0.4, -0.2) is 27.6 Å². The molecule has 15 heavy (non-hydrogen) atoms. The van der Waals surface area contributed by atoms with Crippen molar-refractivity contribution < 1.29 is 9.32 Å². The summed E-state index contributed by atoms with van der Waals surface area (Å²) < 4.78 is 4.56. The van der Waals surface area contributed by atoms with E-state index in [9.17, 15) is 4.79 Å². The van der Waals surface area contributed by atoms with Crippen LogP contribution >= 0.6 is 0 Å². The van der Waals surface area contributed by atoms with E-state index in [2.05, 4.69) is 25.0 Å². The number of aromatic amines is 1. The molecule has 0 aliphatic carbocycles. The SMILES string of the molecule is O=C(NCCc1cnc[nH]1)c1ccon1. The molecule has 0 atom stereocenters. The lowest BCUT2D eigenvalue weighted by Gasteiger charge is -2.00. The van der Waals surface area contributed by atoms with Gasteiger partial charge in [-0.25, -0.2) is 4.98 Å². The minimum atomic E-state index is -0.233. The highest BCUT2D eigenvalue weighted by atomic mass is 16.5. The molecule has 2 aromatic rings. The molecular formula is C9H10N4O2. The fraction of sp³-hybridized carbons (Fsp3) is 0.222. The largest absolute Gasteiger partial charge is 0.364 e. The van der Waals surface area contributed by atoms with Crippen LogP contribution in [0.2, 0.25) is 0 Å². The number of carbonyl (C=O) groups excluding carboxylic acids is 1. The third-order valence-electron chi connectivity index (χ3n) is 1.91. The van der Waals surface area contributed by atoms with Crippen molar-refractivity contribution in [3.05, 3.63) is 36.2 Å². The summed E-state index contributed by atoms with van der Waals surface area (Å²) in [7, 11) is 0. The number of rotatable bonds is 4. The Morgan fingerprint density at radius 3 is 3.20 bits per heavy atom. The minimum Gasteiger partial charge on any atom is -0.364 e. The molecule has 0 spiro atoms. The van der Waals surface area contributed by atoms with E-state index >= 15 is 0 Å². The smallest absolute Gasteiger partial charge is 0.273 e. The van der Waals surface area contributed by atoms with Crippen LogP contribution in [0, 0.1) is 0 Å². The van der Waals surface area contributed by atoms with Gasteiger partial charge in [-0.2, -0.15) is 0 Å². The first-order chi connectivity index (χ1) is 7.36. The molecule has 0 aromatic carbocycles. The topological polar surface area (TPSA) is 83.8 Å². The molecule has 0 bridgehead atoms. The van der Waals surface area contributed by atoms with E-state index < -0.39 is 0 Å². The number of imidazole rings is 1. The number of nitrogens with one attached hydrogen (secondary N) is 2. The number of aromatic nitrogens is 3. The lowest BCUT2D eigenvalue weighted by Crippen LogP contribution is -2.25. The second-order valence-corrected chi connectivity index (χ2v) is 2.97. The molecule has 2 N–H and O–H groups in total. The molecule has 2 aromatic heterocycles. The summed E-state index contributed by atoms with van der Waals surface area (Å²) in [5.74, 6) is -0.233. The van der Waals surface area contributed by atoms with Gasteiger partial charge in [-0.1, -0.05) is 5.16 Å². The van der Waals surface area contributed by atoms with Gasteiger partial charge in [0.1, 0.15) is 6.26 Å². The zero-order valence-corrected chi connectivity index (χ0v) is 7.93. The normalized spacial score (nSPS) is 10.1. The highest BCUT2D eigenvalue weighted by Crippen LogP contribution is 1.94. The highest BCUT2D eigenvalue weighted by molar-refractivity contribution is 5.91. The number of carbonyl (C=O) groups is 1. The summed E-state index contributed by atoms with van der Waals surface area (Å²) in [5.41, 5.74) is 1.27. The molecule has 0 fully saturated rings. The predicted octanol–water partition coefficient (Wildman–Crippen LogP) is 0.370. The lowest BCUT2D eigenvalue weighted by molar-refractivity contribution is 0.0945. The van der Waals surface area contributed by atoms with Crippen molar-refractivity contribution >= 4 is 5.91 Å². The molecule has 2 rings (SSSR count). The molecule has 0 saturated heterocycles. The minimum absolute atomic E-state index is 0.233. The van der Waals surface area contributed by atoms with Crippen LogP contribution in [-0.2, 0) is 6.42 Å². The number of hydrogen-bond acceptors (Lipinski definition) is 4. The van der Waals surface area contributed by atoms with Crippen molar-refractivity contribution in [2.75, 3.05) is 6.54 Å². The maximum absolute atomic E-state index is 11.4. The van der Waals surface area contributed by atoms with Gasteiger partial charge in [0.15, 0.2) is 5.69 Å². The van der Waals surface area contributed by atoms with E-state index in [0.29, 0.717) is 18.7 Å². The maximum Gasteiger partial charge on any atom is 0.273 e. The van der Waals surface area contributed by atoms with Crippen molar-refractivity contribution in [2.45, 2.75) is 6.42 Å². The van der Waals surface area contributed by atoms with Crippen LogP contribution in [0.25, 0.3) is 0 Å². The maximum atomic E-state index is 11.4. The molecule has 0 aliphatic heterocycles. The summed E-state index contributed by atoms with van der Waals surface area (Å²) in [5, 5.41) is 6.24. The van der Waals surface area contributed by atoms with E-state index in [1.165, 1.54) is 12.3 Å². The van der Waals surface area contributed by atoms with Crippen LogP contribution in [0.5, 0.6) is 0 Å². The van der Waals surface area contributed by atoms with Crippen molar-refractivity contribution in [1.82, 2.24) is 20.4 Å². The summed E-state index contributed by atoms with van der Waals surface area (Å²) in [6.07, 6.45) is 5.41. The first kappa shape index (κ1) is 9.45. The molecule has 1 amide bonds. The summed E-state index contributed by atoms with van der Waals surface area (Å²) in [6.45, 7) is 0.536. The molecule has 0 unspecified atom stereocenters. The van der Waals surface area contributed by atoms with Gasteiger partial charge in [0.05, 0.1) is 6.33 Å². The van der Waals surface area contributed by atoms with Gasteiger partial charge in [0, 0.05) is 30.9 Å². The van der Waals surface area contributed by atoms with Gasteiger partial charge in [-0.15, -0.1) is 0 Å². The molecular weight excluding hydrogens is 196 g/mol. The quantitative estimate of drug-likeness (QED) is 0.757. The van der Waals surface area contributed by atoms with Gasteiger partial charge in [0.2, 0.25) is 0 Å². The number of H-pyrrole nitrogens is 1. The first-order valence-corrected chi connectivity index (χ1v) is 4.52. The summed E-state index contributed by atoms with van der Waals surface area (Å²) in [4.78, 5) is 18.2. The highest BCUT2D eigenvalue weighted by Gasteiger charge is 2.07. The Morgan fingerprint density at radius 2 is 2.53 bits per heavy atom. The van der Waals surface area contributed by atoms with Crippen LogP contribution in [0.3, 0.4) is 0 Å². The Hall–Kier alpha value is -2.11. The predicted molar refractivity (Wildman–Crippen MR) is 51.1 cm³/mol. The van der Waals surface area contributed by atoms with Gasteiger partial charge in [-0.05, 0) is 0 Å². The fourth-order valence-electron chi connectivity index (χ4n) is 1.15. The molecule has 6 heteroatoms. The van der Waals surface area contributed by atoms with Gasteiger partial charge in [0.25, 0.3) is 5.91 Å². The van der Waals surface area contributed by atoms with Crippen molar-refractivity contribution in [2.24, 2.45) is 0 Å². The summed E-state index contributed by atoms with van der Waals surface area (Å²) in [6, 6.07) is 1.52. The molecule has 0 radical (unpaired) electrons. The third kappa shape index (κ3) is 2.43. The van der Waals surface area contributed by atoms with E-state index in [0.717, 1.165) is 5.69 Å². The average molecular weight is 206 g/mol. The van der Waals surface area contributed by atoms with Crippen LogP contribution in [0.4, 0.5) is 0 Å². The number of amides is 1. The van der Waals surface area contributed by atoms with E-state index in [4.69, 9.17) is 0 Å². The molecule has 2 heterocycles. The zero-order chi connectivity index (χ0) is 10.5. The van der Waals surface area contributed by atoms with Crippen molar-refractivity contribution in [3.8, 4) is 0 Å². The number of nitrogens with zero attached hydrogens (tertiary/aromatic N) is 2. The Bertz CT molecular complexity index is 407. The molecule has 0 saturated carbocycles. The third-order valence-corrected chi connectivity index (χ3v) is 1.91. The van der Waals surface area contributed by atoms with Gasteiger partial charge < -0.3 is 14.8 Å². The Balaban J connectivity index is 1.77. The molecule has 0 aliphatic rings. The Labute approximate surface area is 85.7 Å². The van der Waals surface area contributed by atoms with Crippen molar-refractivity contribution in [1.29, 1.82) is 0 Å². The summed E-state index contributed by atoms with van der Waals surface area (Å²) >= 11 is 0. The Morgan fingerprint density at radius 1 is 1.60 bits per heavy atom. The lowest BCUT2D eigenvalue weighted by atomic mass is 10.3. The molecule has 6 nitrogen and oxygen atoms in total.